The fraction of sp³-hybridized carbons (Fsp3) is 0.333. The molecule has 1 N–H and O–H groups in total. The van der Waals surface area contributed by atoms with Crippen LogP contribution in [0.4, 0.5) is 0 Å². The van der Waals surface area contributed by atoms with Crippen molar-refractivity contribution in [1.82, 2.24) is 0 Å². The second kappa shape index (κ2) is 9.40. The van der Waals surface area contributed by atoms with Crippen molar-refractivity contribution in [3.05, 3.63) is 71.8 Å². The summed E-state index contributed by atoms with van der Waals surface area (Å²) in [7, 11) is 0. The Balaban J connectivity index is 0.00000192. The first-order valence-corrected chi connectivity index (χ1v) is 8.32. The lowest BCUT2D eigenvalue weighted by molar-refractivity contribution is -0.879. The number of benzene rings is 2. The molecule has 0 radical (unpaired) electrons. The monoisotopic (exact) mass is 325 g/mol. The van der Waals surface area contributed by atoms with Crippen LogP contribution in [0.1, 0.15) is 36.3 Å². The van der Waals surface area contributed by atoms with Crippen LogP contribution in [-0.4, -0.2) is 19.6 Å². The van der Waals surface area contributed by atoms with E-state index >= 15 is 0 Å². The van der Waals surface area contributed by atoms with Crippen molar-refractivity contribution in [2.75, 3.05) is 19.6 Å². The molecule has 2 heteroatoms. The molecule has 0 atom stereocenters. The van der Waals surface area contributed by atoms with Crippen LogP contribution in [0.3, 0.4) is 0 Å². The molecule has 0 bridgehead atoms. The topological polar surface area (TPSA) is 4.44 Å². The maximum Gasteiger partial charge on any atom is 0.139 e. The number of halogens is 1. The van der Waals surface area contributed by atoms with Gasteiger partial charge in [-0.15, -0.1) is 0 Å². The minimum Gasteiger partial charge on any atom is -1.00 e. The number of likely N-dealkylation sites (tertiary alicyclic amines) is 1. The molecule has 0 saturated carbocycles. The van der Waals surface area contributed by atoms with Crippen molar-refractivity contribution in [2.45, 2.75) is 25.2 Å². The summed E-state index contributed by atoms with van der Waals surface area (Å²) in [6.07, 6.45) is 3.64. The van der Waals surface area contributed by atoms with Gasteiger partial charge in [0.1, 0.15) is 6.54 Å². The molecule has 2 aromatic rings. The van der Waals surface area contributed by atoms with E-state index in [2.05, 4.69) is 72.5 Å². The molecule has 0 spiro atoms. The summed E-state index contributed by atoms with van der Waals surface area (Å²) in [5.41, 5.74) is 2.72. The summed E-state index contributed by atoms with van der Waals surface area (Å²) >= 11 is 0. The first-order chi connectivity index (χ1) is 10.9. The lowest BCUT2D eigenvalue weighted by atomic mass is 9.89. The Morgan fingerprint density at radius 1 is 0.783 bits per heavy atom. The van der Waals surface area contributed by atoms with E-state index in [4.69, 9.17) is 0 Å². The van der Waals surface area contributed by atoms with Gasteiger partial charge in [-0.05, 0) is 17.0 Å². The molecule has 0 aliphatic carbocycles. The van der Waals surface area contributed by atoms with Gasteiger partial charge in [0.25, 0.3) is 0 Å². The maximum absolute atomic E-state index is 3.44. The average molecular weight is 326 g/mol. The second-order valence-electron chi connectivity index (χ2n) is 6.07. The molecule has 1 saturated heterocycles. The Morgan fingerprint density at radius 2 is 1.30 bits per heavy atom. The number of hydrogen-bond acceptors (Lipinski definition) is 0. The molecule has 23 heavy (non-hydrogen) atoms. The van der Waals surface area contributed by atoms with E-state index in [9.17, 15) is 0 Å². The van der Waals surface area contributed by atoms with Crippen LogP contribution in [0, 0.1) is 11.8 Å². The van der Waals surface area contributed by atoms with Gasteiger partial charge in [-0.2, -0.15) is 0 Å². The van der Waals surface area contributed by atoms with Crippen molar-refractivity contribution in [1.29, 1.82) is 0 Å². The second-order valence-corrected chi connectivity index (χ2v) is 6.07. The van der Waals surface area contributed by atoms with E-state index in [1.54, 1.807) is 4.90 Å². The normalized spacial score (nSPS) is 14.1. The standard InChI is InChI=1S/C21H23N.ClH/c1-3-11-19(12-4-1)21(20-13-5-2-6-14-20)15-7-8-16-22-17-9-10-18-22;/h1-6,11-14,21H,9-10,15-18H2;1H. The maximum atomic E-state index is 3.44. The van der Waals surface area contributed by atoms with Crippen molar-refractivity contribution in [2.24, 2.45) is 0 Å². The molecule has 1 heterocycles. The highest BCUT2D eigenvalue weighted by Gasteiger charge is 2.14. The highest BCUT2D eigenvalue weighted by Crippen LogP contribution is 2.27. The van der Waals surface area contributed by atoms with Gasteiger partial charge in [-0.1, -0.05) is 66.6 Å². The molecule has 2 aromatic carbocycles. The van der Waals surface area contributed by atoms with Crippen LogP contribution in [0.25, 0.3) is 0 Å². The summed E-state index contributed by atoms with van der Waals surface area (Å²) in [6, 6.07) is 21.5. The summed E-state index contributed by atoms with van der Waals surface area (Å²) in [5, 5.41) is 0. The molecule has 0 aromatic heterocycles. The molecular weight excluding hydrogens is 302 g/mol. The molecule has 1 fully saturated rings. The fourth-order valence-electron chi connectivity index (χ4n) is 3.21. The Morgan fingerprint density at radius 3 is 1.83 bits per heavy atom. The largest absolute Gasteiger partial charge is 1.00 e. The van der Waals surface area contributed by atoms with Crippen LogP contribution < -0.4 is 17.3 Å². The summed E-state index contributed by atoms with van der Waals surface area (Å²) < 4.78 is 0. The number of nitrogens with one attached hydrogen (secondary N) is 1. The Hall–Kier alpha value is -1.75. The summed E-state index contributed by atoms with van der Waals surface area (Å²) in [5.74, 6) is 7.23. The third-order valence-electron chi connectivity index (χ3n) is 4.48. The van der Waals surface area contributed by atoms with Crippen LogP contribution in [0.2, 0.25) is 0 Å². The first-order valence-electron chi connectivity index (χ1n) is 8.32. The van der Waals surface area contributed by atoms with E-state index in [1.165, 1.54) is 37.1 Å². The molecule has 0 unspecified atom stereocenters. The van der Waals surface area contributed by atoms with Gasteiger partial charge in [-0.3, -0.25) is 0 Å². The third-order valence-corrected chi connectivity index (χ3v) is 4.48. The highest BCUT2D eigenvalue weighted by molar-refractivity contribution is 5.33. The van der Waals surface area contributed by atoms with E-state index in [0.717, 1.165) is 13.0 Å². The molecule has 1 aliphatic heterocycles. The molecule has 3 rings (SSSR count). The predicted molar refractivity (Wildman–Crippen MR) is 91.9 cm³/mol. The average Bonchev–Trinajstić information content (AvgIpc) is 3.10. The van der Waals surface area contributed by atoms with Gasteiger partial charge in [0.2, 0.25) is 0 Å². The molecular formula is C21H24ClN. The van der Waals surface area contributed by atoms with Gasteiger partial charge in [-0.25, -0.2) is 0 Å². The van der Waals surface area contributed by atoms with Gasteiger partial charge < -0.3 is 17.3 Å². The van der Waals surface area contributed by atoms with Gasteiger partial charge in [0.15, 0.2) is 0 Å². The van der Waals surface area contributed by atoms with E-state index < -0.39 is 0 Å². The van der Waals surface area contributed by atoms with Crippen molar-refractivity contribution in [3.63, 3.8) is 0 Å². The number of hydrogen-bond donors (Lipinski definition) is 1. The smallest absolute Gasteiger partial charge is 0.139 e. The molecule has 120 valence electrons. The lowest BCUT2D eigenvalue weighted by Crippen LogP contribution is -3.09. The van der Waals surface area contributed by atoms with Crippen LogP contribution in [-0.2, 0) is 0 Å². The molecule has 0 amide bonds. The quantitative estimate of drug-likeness (QED) is 0.749. The fourth-order valence-corrected chi connectivity index (χ4v) is 3.21. The molecule has 1 nitrogen and oxygen atoms in total. The summed E-state index contributed by atoms with van der Waals surface area (Å²) in [4.78, 5) is 1.66. The SMILES string of the molecule is C(#CC[NH+]1CCCC1)CC(c1ccccc1)c1ccccc1.[Cl-]. The zero-order chi connectivity index (χ0) is 15.0. The van der Waals surface area contributed by atoms with Crippen LogP contribution in [0.15, 0.2) is 60.7 Å². The van der Waals surface area contributed by atoms with Crippen LogP contribution in [0.5, 0.6) is 0 Å². The lowest BCUT2D eigenvalue weighted by Gasteiger charge is -2.15. The number of quaternary nitrogens is 1. The third kappa shape index (κ3) is 5.13. The first kappa shape index (κ1) is 17.6. The Labute approximate surface area is 146 Å². The zero-order valence-electron chi connectivity index (χ0n) is 13.5. The number of rotatable bonds is 4. The Kier molecular flexibility index (Phi) is 7.20. The minimum atomic E-state index is 0. The minimum absolute atomic E-state index is 0. The van der Waals surface area contributed by atoms with Crippen molar-refractivity contribution >= 4 is 0 Å². The van der Waals surface area contributed by atoms with Gasteiger partial charge in [0.05, 0.1) is 13.1 Å². The van der Waals surface area contributed by atoms with E-state index in [1.807, 2.05) is 0 Å². The van der Waals surface area contributed by atoms with Crippen molar-refractivity contribution in [3.8, 4) is 11.8 Å². The Bertz CT molecular complexity index is 582. The van der Waals surface area contributed by atoms with E-state index in [-0.39, 0.29) is 12.4 Å². The van der Waals surface area contributed by atoms with Gasteiger partial charge >= 0.3 is 0 Å². The zero-order valence-corrected chi connectivity index (χ0v) is 14.2. The van der Waals surface area contributed by atoms with Crippen LogP contribution >= 0.6 is 0 Å². The summed E-state index contributed by atoms with van der Waals surface area (Å²) in [6.45, 7) is 3.61. The van der Waals surface area contributed by atoms with E-state index in [0.29, 0.717) is 5.92 Å². The highest BCUT2D eigenvalue weighted by atomic mass is 35.5. The van der Waals surface area contributed by atoms with Crippen molar-refractivity contribution < 1.29 is 17.3 Å². The molecule has 1 aliphatic rings. The van der Waals surface area contributed by atoms with Gasteiger partial charge in [0, 0.05) is 25.2 Å². The predicted octanol–water partition coefficient (Wildman–Crippen LogP) is -0.105.